The van der Waals surface area contributed by atoms with E-state index in [1.54, 1.807) is 32.4 Å². The Balaban J connectivity index is 1.70. The zero-order valence-corrected chi connectivity index (χ0v) is 14.9. The molecule has 1 aliphatic rings. The fourth-order valence-electron chi connectivity index (χ4n) is 3.43. The van der Waals surface area contributed by atoms with Gasteiger partial charge >= 0.3 is 5.97 Å². The maximum absolute atomic E-state index is 12.5. The first-order chi connectivity index (χ1) is 12.5. The monoisotopic (exact) mass is 355 g/mol. The van der Waals surface area contributed by atoms with Crippen LogP contribution in [0.2, 0.25) is 0 Å². The first kappa shape index (κ1) is 17.9. The summed E-state index contributed by atoms with van der Waals surface area (Å²) in [5.41, 5.74) is 0.310. The van der Waals surface area contributed by atoms with E-state index in [2.05, 4.69) is 16.2 Å². The van der Waals surface area contributed by atoms with Crippen molar-refractivity contribution in [2.75, 3.05) is 13.7 Å². The fraction of sp³-hybridized carbons (Fsp3) is 0.500. The molecular weight excluding hydrogens is 334 g/mol. The van der Waals surface area contributed by atoms with E-state index in [1.165, 1.54) is 9.42 Å². The molecule has 1 aliphatic carbocycles. The second-order valence-corrected chi connectivity index (χ2v) is 6.58. The van der Waals surface area contributed by atoms with Crippen molar-refractivity contribution in [3.05, 3.63) is 29.7 Å². The lowest BCUT2D eigenvalue weighted by Crippen LogP contribution is -2.51. The van der Waals surface area contributed by atoms with Crippen LogP contribution in [0.25, 0.3) is 5.65 Å². The molecular formula is C18H21N5O3. The highest BCUT2D eigenvalue weighted by Gasteiger charge is 2.39. The number of hydrogen-bond acceptors (Lipinski definition) is 6. The number of hydrogen-bond donors (Lipinski definition) is 0. The largest absolute Gasteiger partial charge is 0.452 e. The van der Waals surface area contributed by atoms with E-state index < -0.39 is 18.1 Å². The van der Waals surface area contributed by atoms with Crippen molar-refractivity contribution in [3.63, 3.8) is 0 Å². The summed E-state index contributed by atoms with van der Waals surface area (Å²) < 4.78 is 6.70. The molecule has 2 heterocycles. The topological polar surface area (TPSA) is 101 Å². The van der Waals surface area contributed by atoms with Crippen molar-refractivity contribution >= 4 is 17.5 Å². The van der Waals surface area contributed by atoms with E-state index in [1.807, 2.05) is 0 Å². The number of carbonyl (C=O) groups excluding carboxylic acids is 2. The number of aromatic nitrogens is 3. The van der Waals surface area contributed by atoms with Gasteiger partial charge in [0.15, 0.2) is 12.3 Å². The fourth-order valence-corrected chi connectivity index (χ4v) is 3.43. The molecule has 0 saturated heterocycles. The van der Waals surface area contributed by atoms with Crippen molar-refractivity contribution in [1.29, 1.82) is 5.26 Å². The quantitative estimate of drug-likeness (QED) is 0.776. The van der Waals surface area contributed by atoms with Gasteiger partial charge in [0.05, 0.1) is 11.8 Å². The Kier molecular flexibility index (Phi) is 4.89. The SMILES string of the molecule is Cc1nn2cccnc2c1C(=O)OCC(=O)N(C)C1(C#N)CCCCC1. The summed E-state index contributed by atoms with van der Waals surface area (Å²) in [6.07, 6.45) is 7.45. The lowest BCUT2D eigenvalue weighted by molar-refractivity contribution is -0.138. The summed E-state index contributed by atoms with van der Waals surface area (Å²) in [5, 5.41) is 13.8. The van der Waals surface area contributed by atoms with Gasteiger partial charge in [-0.3, -0.25) is 4.79 Å². The number of rotatable bonds is 4. The number of nitrogens with zero attached hydrogens (tertiary/aromatic N) is 5. The van der Waals surface area contributed by atoms with Crippen LogP contribution in [0, 0.1) is 18.3 Å². The highest BCUT2D eigenvalue weighted by Crippen LogP contribution is 2.32. The number of esters is 1. The lowest BCUT2D eigenvalue weighted by Gasteiger charge is -2.38. The summed E-state index contributed by atoms with van der Waals surface area (Å²) in [6, 6.07) is 3.99. The minimum atomic E-state index is -0.802. The van der Waals surface area contributed by atoms with E-state index in [4.69, 9.17) is 4.74 Å². The number of carbonyl (C=O) groups is 2. The van der Waals surface area contributed by atoms with E-state index in [0.717, 1.165) is 19.3 Å². The van der Waals surface area contributed by atoms with Crippen molar-refractivity contribution in [2.45, 2.75) is 44.6 Å². The third-order valence-corrected chi connectivity index (χ3v) is 5.01. The van der Waals surface area contributed by atoms with E-state index in [9.17, 15) is 14.9 Å². The molecule has 0 N–H and O–H groups in total. The molecule has 1 saturated carbocycles. The summed E-state index contributed by atoms with van der Waals surface area (Å²) in [7, 11) is 1.60. The van der Waals surface area contributed by atoms with Crippen LogP contribution in [-0.2, 0) is 9.53 Å². The highest BCUT2D eigenvalue weighted by molar-refractivity contribution is 5.98. The molecule has 26 heavy (non-hydrogen) atoms. The minimum absolute atomic E-state index is 0.244. The normalized spacial score (nSPS) is 16.0. The van der Waals surface area contributed by atoms with E-state index >= 15 is 0 Å². The first-order valence-electron chi connectivity index (χ1n) is 8.63. The van der Waals surface area contributed by atoms with E-state index in [-0.39, 0.29) is 11.5 Å². The Labute approximate surface area is 151 Å². The minimum Gasteiger partial charge on any atom is -0.452 e. The molecule has 0 bridgehead atoms. The molecule has 2 aromatic heterocycles. The number of ether oxygens (including phenoxy) is 1. The van der Waals surface area contributed by atoms with Crippen molar-refractivity contribution in [3.8, 4) is 6.07 Å². The van der Waals surface area contributed by atoms with Crippen LogP contribution < -0.4 is 0 Å². The molecule has 0 aromatic carbocycles. The van der Waals surface area contributed by atoms with Crippen LogP contribution in [0.1, 0.15) is 48.2 Å². The third-order valence-electron chi connectivity index (χ3n) is 5.01. The van der Waals surface area contributed by atoms with Crippen LogP contribution in [0.5, 0.6) is 0 Å². The molecule has 136 valence electrons. The number of likely N-dealkylation sites (N-methyl/N-ethyl adjacent to an activating group) is 1. The Morgan fingerprint density at radius 2 is 2.12 bits per heavy atom. The Morgan fingerprint density at radius 1 is 1.38 bits per heavy atom. The molecule has 2 aromatic rings. The second-order valence-electron chi connectivity index (χ2n) is 6.58. The molecule has 1 amide bonds. The smallest absolute Gasteiger partial charge is 0.344 e. The first-order valence-corrected chi connectivity index (χ1v) is 8.63. The van der Waals surface area contributed by atoms with Crippen LogP contribution >= 0.6 is 0 Å². The maximum Gasteiger partial charge on any atom is 0.344 e. The summed E-state index contributed by atoms with van der Waals surface area (Å²) in [4.78, 5) is 30.5. The van der Waals surface area contributed by atoms with Gasteiger partial charge in [-0.15, -0.1) is 0 Å². The Hall–Kier alpha value is -2.95. The van der Waals surface area contributed by atoms with Gasteiger partial charge in [0.25, 0.3) is 5.91 Å². The molecule has 8 heteroatoms. The molecule has 1 fully saturated rings. The Morgan fingerprint density at radius 3 is 2.81 bits per heavy atom. The van der Waals surface area contributed by atoms with Gasteiger partial charge in [-0.1, -0.05) is 19.3 Å². The molecule has 3 rings (SSSR count). The number of aryl methyl sites for hydroxylation is 1. The molecule has 0 spiro atoms. The van der Waals surface area contributed by atoms with Crippen molar-refractivity contribution < 1.29 is 14.3 Å². The molecule has 8 nitrogen and oxygen atoms in total. The van der Waals surface area contributed by atoms with Gasteiger partial charge in [-0.25, -0.2) is 14.3 Å². The van der Waals surface area contributed by atoms with Gasteiger partial charge < -0.3 is 9.64 Å². The predicted octanol–water partition coefficient (Wildman–Crippen LogP) is 1.88. The maximum atomic E-state index is 12.5. The molecule has 0 radical (unpaired) electrons. The standard InChI is InChI=1S/C18H21N5O3/c1-13-15(16-20-9-6-10-23(16)21-13)17(25)26-11-14(24)22(2)18(12-19)7-4-3-5-8-18/h6,9-10H,3-5,7-8,11H2,1-2H3. The van der Waals surface area contributed by atoms with Crippen LogP contribution in [0.3, 0.4) is 0 Å². The zero-order chi connectivity index (χ0) is 18.7. The summed E-state index contributed by atoms with van der Waals surface area (Å²) in [6.45, 7) is 1.27. The van der Waals surface area contributed by atoms with Gasteiger partial charge in [0.2, 0.25) is 0 Å². The van der Waals surface area contributed by atoms with Gasteiger partial charge in [0, 0.05) is 19.4 Å². The average molecular weight is 355 g/mol. The van der Waals surface area contributed by atoms with Crippen LogP contribution in [-0.4, -0.2) is 50.6 Å². The van der Waals surface area contributed by atoms with Gasteiger partial charge in [-0.2, -0.15) is 10.4 Å². The highest BCUT2D eigenvalue weighted by atomic mass is 16.5. The zero-order valence-electron chi connectivity index (χ0n) is 14.9. The Bertz CT molecular complexity index is 877. The van der Waals surface area contributed by atoms with E-state index in [0.29, 0.717) is 24.2 Å². The van der Waals surface area contributed by atoms with Crippen LogP contribution in [0.15, 0.2) is 18.5 Å². The van der Waals surface area contributed by atoms with Gasteiger partial charge in [0.1, 0.15) is 11.1 Å². The molecule has 0 aliphatic heterocycles. The molecule has 0 atom stereocenters. The van der Waals surface area contributed by atoms with Gasteiger partial charge in [-0.05, 0) is 25.8 Å². The third kappa shape index (κ3) is 3.12. The summed E-state index contributed by atoms with van der Waals surface area (Å²) >= 11 is 0. The number of nitriles is 1. The van der Waals surface area contributed by atoms with Crippen LogP contribution in [0.4, 0.5) is 0 Å². The second kappa shape index (κ2) is 7.12. The van der Waals surface area contributed by atoms with Crippen molar-refractivity contribution in [1.82, 2.24) is 19.5 Å². The number of fused-ring (bicyclic) bond motifs is 1. The predicted molar refractivity (Wildman–Crippen MR) is 92.2 cm³/mol. The average Bonchev–Trinajstić information content (AvgIpc) is 3.01. The number of amides is 1. The molecule has 0 unspecified atom stereocenters. The summed E-state index contributed by atoms with van der Waals surface area (Å²) in [5.74, 6) is -1.03. The van der Waals surface area contributed by atoms with Crippen molar-refractivity contribution in [2.24, 2.45) is 0 Å². The lowest BCUT2D eigenvalue weighted by atomic mass is 9.81.